The molecular weight excluding hydrogens is 470 g/mol. The van der Waals surface area contributed by atoms with E-state index in [0.717, 1.165) is 12.8 Å². The van der Waals surface area contributed by atoms with Crippen molar-refractivity contribution in [1.82, 2.24) is 4.57 Å². The third kappa shape index (κ3) is 3.40. The van der Waals surface area contributed by atoms with E-state index in [-0.39, 0.29) is 0 Å². The van der Waals surface area contributed by atoms with Crippen LogP contribution in [0.3, 0.4) is 0 Å². The van der Waals surface area contributed by atoms with Crippen LogP contribution in [0.2, 0.25) is 0 Å². The van der Waals surface area contributed by atoms with E-state index in [1.54, 1.807) is 0 Å². The Bertz CT molecular complexity index is 1990. The average Bonchev–Trinajstić information content (AvgIpc) is 3.34. The maximum Gasteiger partial charge on any atom is 0.0543 e. The zero-order valence-corrected chi connectivity index (χ0v) is 21.6. The molecule has 1 aliphatic carbocycles. The summed E-state index contributed by atoms with van der Waals surface area (Å²) in [6.07, 6.45) is 6.77. The van der Waals surface area contributed by atoms with Gasteiger partial charge in [-0.15, -0.1) is 0 Å². The number of allylic oxidation sites excluding steroid dienone is 1. The zero-order valence-electron chi connectivity index (χ0n) is 21.6. The van der Waals surface area contributed by atoms with Gasteiger partial charge in [0, 0.05) is 22.3 Å². The second-order valence-electron chi connectivity index (χ2n) is 10.4. The van der Waals surface area contributed by atoms with Crippen LogP contribution in [-0.2, 0) is 6.42 Å². The molecule has 184 valence electrons. The van der Waals surface area contributed by atoms with Crippen molar-refractivity contribution in [2.75, 3.05) is 0 Å². The van der Waals surface area contributed by atoms with Crippen molar-refractivity contribution >= 4 is 38.5 Å². The van der Waals surface area contributed by atoms with Gasteiger partial charge >= 0.3 is 0 Å². The molecule has 0 saturated heterocycles. The van der Waals surface area contributed by atoms with Gasteiger partial charge in [-0.1, -0.05) is 121 Å². The number of para-hydroxylation sites is 1. The molecule has 39 heavy (non-hydrogen) atoms. The van der Waals surface area contributed by atoms with E-state index < -0.39 is 0 Å². The summed E-state index contributed by atoms with van der Waals surface area (Å²) in [4.78, 5) is 0. The van der Waals surface area contributed by atoms with Crippen molar-refractivity contribution in [3.63, 3.8) is 0 Å². The summed E-state index contributed by atoms with van der Waals surface area (Å²) in [6.45, 7) is 0. The van der Waals surface area contributed by atoms with Crippen molar-refractivity contribution < 1.29 is 0 Å². The first kappa shape index (κ1) is 22.1. The van der Waals surface area contributed by atoms with E-state index in [2.05, 4.69) is 144 Å². The Morgan fingerprint density at radius 1 is 0.487 bits per heavy atom. The molecular formula is C38H27N. The van der Waals surface area contributed by atoms with E-state index in [0.29, 0.717) is 0 Å². The lowest BCUT2D eigenvalue weighted by atomic mass is 9.86. The highest BCUT2D eigenvalue weighted by Gasteiger charge is 2.21. The van der Waals surface area contributed by atoms with Crippen LogP contribution >= 0.6 is 0 Å². The van der Waals surface area contributed by atoms with E-state index in [4.69, 9.17) is 0 Å². The van der Waals surface area contributed by atoms with E-state index >= 15 is 0 Å². The van der Waals surface area contributed by atoms with Crippen LogP contribution < -0.4 is 0 Å². The first-order valence-corrected chi connectivity index (χ1v) is 13.8. The molecule has 7 aromatic rings. The van der Waals surface area contributed by atoms with Gasteiger partial charge in [-0.25, -0.2) is 0 Å². The molecule has 0 spiro atoms. The van der Waals surface area contributed by atoms with Crippen molar-refractivity contribution in [3.05, 3.63) is 145 Å². The first-order valence-electron chi connectivity index (χ1n) is 13.8. The molecule has 0 aliphatic heterocycles. The van der Waals surface area contributed by atoms with Crippen LogP contribution in [0.15, 0.2) is 133 Å². The van der Waals surface area contributed by atoms with Crippen LogP contribution in [0.1, 0.15) is 17.7 Å². The standard InChI is InChI=1S/C38H27N/c1-3-13-26(14-4-1)37-31-18-7-9-20-33(31)38(34-21-10-8-19-32(34)37)27-23-24-30-29-17-11-12-22-35(29)39(36(30)25-27)28-15-5-2-6-16-28/h1-11,13-21,23-25H,12,22H2. The van der Waals surface area contributed by atoms with Gasteiger partial charge in [0.2, 0.25) is 0 Å². The van der Waals surface area contributed by atoms with Crippen molar-refractivity contribution in [3.8, 4) is 27.9 Å². The summed E-state index contributed by atoms with van der Waals surface area (Å²) in [5.74, 6) is 0. The summed E-state index contributed by atoms with van der Waals surface area (Å²) in [7, 11) is 0. The van der Waals surface area contributed by atoms with Crippen LogP contribution in [0.25, 0.3) is 66.5 Å². The van der Waals surface area contributed by atoms with Gasteiger partial charge < -0.3 is 4.57 Å². The minimum Gasteiger partial charge on any atom is -0.313 e. The Morgan fingerprint density at radius 3 is 1.69 bits per heavy atom. The molecule has 1 nitrogen and oxygen atoms in total. The Hall–Kier alpha value is -4.88. The molecule has 1 aliphatic rings. The van der Waals surface area contributed by atoms with Gasteiger partial charge in [-0.3, -0.25) is 0 Å². The highest BCUT2D eigenvalue weighted by atomic mass is 15.0. The number of benzene rings is 6. The van der Waals surface area contributed by atoms with Crippen molar-refractivity contribution in [2.24, 2.45) is 0 Å². The average molecular weight is 498 g/mol. The van der Waals surface area contributed by atoms with Gasteiger partial charge in [-0.05, 0) is 74.8 Å². The quantitative estimate of drug-likeness (QED) is 0.214. The third-order valence-corrected chi connectivity index (χ3v) is 8.24. The number of rotatable bonds is 3. The van der Waals surface area contributed by atoms with Gasteiger partial charge in [-0.2, -0.15) is 0 Å². The summed E-state index contributed by atoms with van der Waals surface area (Å²) in [5, 5.41) is 6.48. The fourth-order valence-corrected chi connectivity index (χ4v) is 6.60. The summed E-state index contributed by atoms with van der Waals surface area (Å²) in [5.41, 5.74) is 10.4. The molecule has 8 rings (SSSR count). The first-order chi connectivity index (χ1) is 19.4. The normalized spacial score (nSPS) is 12.8. The molecule has 0 bridgehead atoms. The van der Waals surface area contributed by atoms with Gasteiger partial charge in [0.1, 0.15) is 0 Å². The van der Waals surface area contributed by atoms with E-state index in [1.807, 2.05) is 0 Å². The SMILES string of the molecule is C1=Cc2c(n(-c3ccccc3)c3cc(-c4c5ccccc5c(-c5ccccc5)c5ccccc45)ccc23)CC1. The monoisotopic (exact) mass is 497 g/mol. The molecule has 0 atom stereocenters. The lowest BCUT2D eigenvalue weighted by molar-refractivity contribution is 0.888. The second-order valence-corrected chi connectivity index (χ2v) is 10.4. The molecule has 6 aromatic carbocycles. The number of aromatic nitrogens is 1. The highest BCUT2D eigenvalue weighted by molar-refractivity contribution is 6.21. The lowest BCUT2D eigenvalue weighted by Crippen LogP contribution is -2.02. The van der Waals surface area contributed by atoms with Gasteiger partial charge in [0.25, 0.3) is 0 Å². The minimum absolute atomic E-state index is 1.06. The molecule has 0 saturated carbocycles. The molecule has 0 radical (unpaired) electrons. The zero-order chi connectivity index (χ0) is 25.8. The predicted molar refractivity (Wildman–Crippen MR) is 167 cm³/mol. The lowest BCUT2D eigenvalue weighted by Gasteiger charge is -2.18. The molecule has 0 fully saturated rings. The molecule has 0 unspecified atom stereocenters. The highest BCUT2D eigenvalue weighted by Crippen LogP contribution is 2.45. The van der Waals surface area contributed by atoms with Crippen LogP contribution in [0.5, 0.6) is 0 Å². The second kappa shape index (κ2) is 8.85. The number of fused-ring (bicyclic) bond motifs is 5. The van der Waals surface area contributed by atoms with Crippen LogP contribution in [0.4, 0.5) is 0 Å². The van der Waals surface area contributed by atoms with Crippen molar-refractivity contribution in [2.45, 2.75) is 12.8 Å². The summed E-state index contributed by atoms with van der Waals surface area (Å²) >= 11 is 0. The van der Waals surface area contributed by atoms with Crippen molar-refractivity contribution in [1.29, 1.82) is 0 Å². The predicted octanol–water partition coefficient (Wildman–Crippen LogP) is 10.2. The van der Waals surface area contributed by atoms with E-state index in [9.17, 15) is 0 Å². The molecule has 0 N–H and O–H groups in total. The Morgan fingerprint density at radius 2 is 1.05 bits per heavy atom. The third-order valence-electron chi connectivity index (χ3n) is 8.24. The number of hydrogen-bond donors (Lipinski definition) is 0. The van der Waals surface area contributed by atoms with Gasteiger partial charge in [0.05, 0.1) is 5.52 Å². The minimum atomic E-state index is 1.06. The van der Waals surface area contributed by atoms with Crippen LogP contribution in [0, 0.1) is 0 Å². The van der Waals surface area contributed by atoms with Crippen LogP contribution in [-0.4, -0.2) is 4.57 Å². The Balaban J connectivity index is 1.48. The Labute approximate surface area is 228 Å². The number of hydrogen-bond acceptors (Lipinski definition) is 0. The van der Waals surface area contributed by atoms with Gasteiger partial charge in [0.15, 0.2) is 0 Å². The maximum absolute atomic E-state index is 2.49. The number of nitrogens with zero attached hydrogens (tertiary/aromatic N) is 1. The molecule has 1 heterocycles. The smallest absolute Gasteiger partial charge is 0.0543 e. The maximum atomic E-state index is 2.49. The Kier molecular flexibility index (Phi) is 5.03. The van der Waals surface area contributed by atoms with E-state index in [1.165, 1.54) is 71.6 Å². The largest absolute Gasteiger partial charge is 0.313 e. The fraction of sp³-hybridized carbons (Fsp3) is 0.0526. The summed E-state index contributed by atoms with van der Waals surface area (Å²) < 4.78 is 2.49. The summed E-state index contributed by atoms with van der Waals surface area (Å²) in [6, 6.07) is 46.5. The molecule has 1 aromatic heterocycles. The molecule has 0 amide bonds. The fourth-order valence-electron chi connectivity index (χ4n) is 6.60. The topological polar surface area (TPSA) is 4.93 Å². The molecule has 1 heteroatoms.